The number of hydrogen-bond acceptors (Lipinski definition) is 1. The van der Waals surface area contributed by atoms with Crippen molar-refractivity contribution in [2.45, 2.75) is 5.41 Å². The quantitative estimate of drug-likeness (QED) is 0.198. The second-order valence-corrected chi connectivity index (χ2v) is 13.0. The summed E-state index contributed by atoms with van der Waals surface area (Å²) in [7, 11) is 0. The Balaban J connectivity index is 0.000000237. The molecule has 8 aromatic rings. The van der Waals surface area contributed by atoms with Crippen molar-refractivity contribution in [3.63, 3.8) is 0 Å². The summed E-state index contributed by atoms with van der Waals surface area (Å²) in [6.07, 6.45) is 0. The lowest BCUT2D eigenvalue weighted by Crippen LogP contribution is -2.26. The molecule has 1 atom stereocenters. The van der Waals surface area contributed by atoms with Crippen molar-refractivity contribution in [1.29, 1.82) is 0 Å². The van der Waals surface area contributed by atoms with Crippen molar-refractivity contribution < 1.29 is 0 Å². The maximum atomic E-state index is 3.69. The van der Waals surface area contributed by atoms with Crippen LogP contribution in [0.25, 0.3) is 44.5 Å². The van der Waals surface area contributed by atoms with Crippen molar-refractivity contribution in [3.8, 4) is 44.5 Å². The van der Waals surface area contributed by atoms with E-state index in [4.69, 9.17) is 0 Å². The molecule has 0 radical (unpaired) electrons. The molecule has 0 aromatic heterocycles. The first-order valence-electron chi connectivity index (χ1n) is 17.3. The third-order valence-corrected chi connectivity index (χ3v) is 10.1. The molecule has 0 heterocycles. The molecular formula is C49H35N. The van der Waals surface area contributed by atoms with Gasteiger partial charge in [-0.1, -0.05) is 182 Å². The molecule has 1 nitrogen and oxygen atoms in total. The van der Waals surface area contributed by atoms with Gasteiger partial charge in [-0.15, -0.1) is 0 Å². The van der Waals surface area contributed by atoms with Gasteiger partial charge in [0.2, 0.25) is 0 Å². The highest BCUT2D eigenvalue weighted by Crippen LogP contribution is 2.64. The Kier molecular flexibility index (Phi) is 7.44. The average Bonchev–Trinajstić information content (AvgIpc) is 3.68. The van der Waals surface area contributed by atoms with E-state index >= 15 is 0 Å². The molecule has 50 heavy (non-hydrogen) atoms. The van der Waals surface area contributed by atoms with E-state index in [0.717, 1.165) is 11.4 Å². The third kappa shape index (κ3) is 4.95. The zero-order valence-electron chi connectivity index (χ0n) is 27.6. The molecule has 0 amide bonds. The minimum Gasteiger partial charge on any atom is -0.356 e. The highest BCUT2D eigenvalue weighted by Gasteiger charge is 2.52. The van der Waals surface area contributed by atoms with E-state index in [2.05, 4.69) is 199 Å². The van der Waals surface area contributed by atoms with Crippen molar-refractivity contribution in [2.75, 3.05) is 5.32 Å². The lowest BCUT2D eigenvalue weighted by Gasteiger charge is -2.31. The molecule has 2 aliphatic carbocycles. The van der Waals surface area contributed by atoms with Crippen LogP contribution in [0.4, 0.5) is 11.4 Å². The lowest BCUT2D eigenvalue weighted by molar-refractivity contribution is 0.792. The smallest absolute Gasteiger partial charge is 0.0726 e. The molecular weight excluding hydrogens is 603 g/mol. The minimum absolute atomic E-state index is 0.312. The summed E-state index contributed by atoms with van der Waals surface area (Å²) in [6, 6.07) is 73.7. The first-order valence-corrected chi connectivity index (χ1v) is 17.3. The molecule has 8 aromatic carbocycles. The zero-order chi connectivity index (χ0) is 33.3. The summed E-state index contributed by atoms with van der Waals surface area (Å²) in [6.45, 7) is 0. The number of nitrogens with one attached hydrogen (secondary N) is 1. The Morgan fingerprint density at radius 3 is 1.32 bits per heavy atom. The van der Waals surface area contributed by atoms with Gasteiger partial charge in [0.05, 0.1) is 5.41 Å². The van der Waals surface area contributed by atoms with Gasteiger partial charge in [-0.05, 0) is 91.0 Å². The van der Waals surface area contributed by atoms with Crippen LogP contribution in [0, 0.1) is 0 Å². The SMILES string of the molecule is c1ccc(-c2ccc(Nc3ccc4c(c3)C3(c5ccccc5)c5ccccc5-c5cccc-4c53)cc2)cc1.c1ccc(-c2ccccc2)cc1. The summed E-state index contributed by atoms with van der Waals surface area (Å²) in [4.78, 5) is 0. The molecule has 0 bridgehead atoms. The Bertz CT molecular complexity index is 2380. The van der Waals surface area contributed by atoms with Crippen LogP contribution >= 0.6 is 0 Å². The Morgan fingerprint density at radius 1 is 0.300 bits per heavy atom. The van der Waals surface area contributed by atoms with Crippen molar-refractivity contribution in [1.82, 2.24) is 0 Å². The first-order chi connectivity index (χ1) is 24.8. The maximum Gasteiger partial charge on any atom is 0.0726 e. The molecule has 1 unspecified atom stereocenters. The number of hydrogen-bond donors (Lipinski definition) is 1. The van der Waals surface area contributed by atoms with Gasteiger partial charge >= 0.3 is 0 Å². The molecule has 1 N–H and O–H groups in total. The number of fused-ring (bicyclic) bond motifs is 6. The summed E-state index contributed by atoms with van der Waals surface area (Å²) in [5.74, 6) is 0. The summed E-state index contributed by atoms with van der Waals surface area (Å²) in [5.41, 5.74) is 17.7. The maximum absolute atomic E-state index is 3.69. The van der Waals surface area contributed by atoms with E-state index in [1.165, 1.54) is 66.8 Å². The highest BCUT2D eigenvalue weighted by molar-refractivity contribution is 5.99. The topological polar surface area (TPSA) is 12.0 Å². The van der Waals surface area contributed by atoms with Crippen LogP contribution in [-0.4, -0.2) is 0 Å². The predicted molar refractivity (Wildman–Crippen MR) is 210 cm³/mol. The summed E-state index contributed by atoms with van der Waals surface area (Å²) < 4.78 is 0. The predicted octanol–water partition coefficient (Wildman–Crippen LogP) is 12.8. The Hall–Kier alpha value is -6.44. The van der Waals surface area contributed by atoms with E-state index in [0.29, 0.717) is 0 Å². The second-order valence-electron chi connectivity index (χ2n) is 13.0. The van der Waals surface area contributed by atoms with Gasteiger partial charge in [0.1, 0.15) is 0 Å². The van der Waals surface area contributed by atoms with Gasteiger partial charge in [0.15, 0.2) is 0 Å². The fourth-order valence-corrected chi connectivity index (χ4v) is 7.98. The van der Waals surface area contributed by atoms with Gasteiger partial charge in [-0.3, -0.25) is 0 Å². The molecule has 10 rings (SSSR count). The normalized spacial score (nSPS) is 14.5. The van der Waals surface area contributed by atoms with Gasteiger partial charge in [-0.2, -0.15) is 0 Å². The molecule has 0 spiro atoms. The van der Waals surface area contributed by atoms with Crippen LogP contribution in [-0.2, 0) is 5.41 Å². The minimum atomic E-state index is -0.312. The number of benzene rings is 8. The zero-order valence-corrected chi connectivity index (χ0v) is 27.6. The van der Waals surface area contributed by atoms with Crippen LogP contribution in [0.5, 0.6) is 0 Å². The van der Waals surface area contributed by atoms with Crippen molar-refractivity contribution in [3.05, 3.63) is 229 Å². The number of rotatable bonds is 5. The molecule has 0 saturated carbocycles. The highest BCUT2D eigenvalue weighted by atomic mass is 14.9. The van der Waals surface area contributed by atoms with Crippen LogP contribution in [0.15, 0.2) is 206 Å². The van der Waals surface area contributed by atoms with E-state index < -0.39 is 0 Å². The summed E-state index contributed by atoms with van der Waals surface area (Å²) >= 11 is 0. The van der Waals surface area contributed by atoms with Crippen LogP contribution in [0.3, 0.4) is 0 Å². The molecule has 236 valence electrons. The van der Waals surface area contributed by atoms with Crippen LogP contribution in [0.1, 0.15) is 22.3 Å². The van der Waals surface area contributed by atoms with Crippen molar-refractivity contribution in [2.24, 2.45) is 0 Å². The van der Waals surface area contributed by atoms with Crippen molar-refractivity contribution >= 4 is 11.4 Å². The van der Waals surface area contributed by atoms with Gasteiger partial charge < -0.3 is 5.32 Å². The van der Waals surface area contributed by atoms with E-state index in [-0.39, 0.29) is 5.41 Å². The molecule has 0 fully saturated rings. The summed E-state index contributed by atoms with van der Waals surface area (Å²) in [5, 5.41) is 3.69. The first kappa shape index (κ1) is 29.7. The van der Waals surface area contributed by atoms with E-state index in [1.807, 2.05) is 12.1 Å². The molecule has 1 heteroatoms. The molecule has 2 aliphatic rings. The van der Waals surface area contributed by atoms with Crippen LogP contribution < -0.4 is 5.32 Å². The molecule has 0 saturated heterocycles. The van der Waals surface area contributed by atoms with E-state index in [9.17, 15) is 0 Å². The fourth-order valence-electron chi connectivity index (χ4n) is 7.98. The van der Waals surface area contributed by atoms with Gasteiger partial charge in [0, 0.05) is 11.4 Å². The van der Waals surface area contributed by atoms with Gasteiger partial charge in [-0.25, -0.2) is 0 Å². The van der Waals surface area contributed by atoms with Gasteiger partial charge in [0.25, 0.3) is 0 Å². The largest absolute Gasteiger partial charge is 0.356 e. The monoisotopic (exact) mass is 637 g/mol. The number of anilines is 2. The third-order valence-electron chi connectivity index (χ3n) is 10.1. The Labute approximate surface area is 294 Å². The lowest BCUT2D eigenvalue weighted by atomic mass is 9.70. The standard InChI is InChI=1S/C37H25N.C12H10/c1-3-10-25(11-4-1)26-18-20-28(21-19-26)38-29-22-23-31-33-16-9-15-32-30-14-7-8-17-34(30)37(36(32)33,35(31)24-29)27-12-5-2-6-13-27;1-3-7-11(8-4-1)12-9-5-2-6-10-12/h1-24,38H;1-10H. The van der Waals surface area contributed by atoms with Crippen LogP contribution in [0.2, 0.25) is 0 Å². The Morgan fingerprint density at radius 2 is 0.740 bits per heavy atom. The van der Waals surface area contributed by atoms with E-state index in [1.54, 1.807) is 0 Å². The fraction of sp³-hybridized carbons (Fsp3) is 0.0204. The second kappa shape index (κ2) is 12.5. The molecule has 0 aliphatic heterocycles. The average molecular weight is 638 g/mol.